The molecule has 1 aromatic heterocycles. The summed E-state index contributed by atoms with van der Waals surface area (Å²) >= 11 is 0. The van der Waals surface area contributed by atoms with Crippen molar-refractivity contribution >= 4 is 11.9 Å². The second-order valence-electron chi connectivity index (χ2n) is 3.18. The molecule has 5 heteroatoms. The molecule has 1 heterocycles. The number of hydrogen-bond acceptors (Lipinski definition) is 5. The van der Waals surface area contributed by atoms with E-state index >= 15 is 0 Å². The van der Waals surface area contributed by atoms with Gasteiger partial charge < -0.3 is 9.64 Å². The van der Waals surface area contributed by atoms with Crippen LogP contribution in [-0.4, -0.2) is 36.6 Å². The molecule has 0 atom stereocenters. The molecule has 5 nitrogen and oxygen atoms in total. The van der Waals surface area contributed by atoms with E-state index < -0.39 is 5.97 Å². The molecule has 0 aromatic carbocycles. The monoisotopic (exact) mass is 209 g/mol. The first-order chi connectivity index (χ1) is 7.19. The van der Waals surface area contributed by atoms with Gasteiger partial charge in [-0.15, -0.1) is 0 Å². The average molecular weight is 209 g/mol. The van der Waals surface area contributed by atoms with Gasteiger partial charge in [0.15, 0.2) is 0 Å². The Morgan fingerprint density at radius 1 is 1.47 bits per heavy atom. The van der Waals surface area contributed by atoms with Crippen molar-refractivity contribution in [2.45, 2.75) is 13.3 Å². The van der Waals surface area contributed by atoms with E-state index in [9.17, 15) is 4.79 Å². The summed E-state index contributed by atoms with van der Waals surface area (Å²) in [6.45, 7) is 2.97. The first kappa shape index (κ1) is 11.4. The predicted molar refractivity (Wildman–Crippen MR) is 56.9 cm³/mol. The van der Waals surface area contributed by atoms with Crippen LogP contribution >= 0.6 is 0 Å². The van der Waals surface area contributed by atoms with Gasteiger partial charge in [-0.3, -0.25) is 0 Å². The van der Waals surface area contributed by atoms with Crippen molar-refractivity contribution in [3.63, 3.8) is 0 Å². The predicted octanol–water partition coefficient (Wildman–Crippen LogP) is 1.11. The van der Waals surface area contributed by atoms with Crippen molar-refractivity contribution in [3.05, 3.63) is 18.0 Å². The molecule has 0 bridgehead atoms. The van der Waals surface area contributed by atoms with E-state index in [0.29, 0.717) is 11.5 Å². The summed E-state index contributed by atoms with van der Waals surface area (Å²) in [5.41, 5.74) is 0.367. The minimum atomic E-state index is -0.417. The Bertz CT molecular complexity index is 324. The van der Waals surface area contributed by atoms with Crippen LogP contribution in [0.15, 0.2) is 12.4 Å². The number of anilines is 1. The number of hydrogen-bond donors (Lipinski definition) is 0. The molecule has 0 spiro atoms. The maximum absolute atomic E-state index is 11.1. The molecular weight excluding hydrogens is 194 g/mol. The minimum Gasteiger partial charge on any atom is -0.465 e. The van der Waals surface area contributed by atoms with E-state index in [4.69, 9.17) is 0 Å². The lowest BCUT2D eigenvalue weighted by Crippen LogP contribution is -2.20. The molecule has 0 fully saturated rings. The molecule has 82 valence electrons. The minimum absolute atomic E-state index is 0.367. The molecule has 0 N–H and O–H groups in total. The van der Waals surface area contributed by atoms with E-state index in [1.807, 2.05) is 11.9 Å². The standard InChI is InChI=1S/C10H15N3O2/c1-4-5-13(2)10-11-6-8(7-12-10)9(14)15-3/h6-7H,4-5H2,1-3H3. The van der Waals surface area contributed by atoms with Gasteiger partial charge in [-0.25, -0.2) is 14.8 Å². The SMILES string of the molecule is CCCN(C)c1ncc(C(=O)OC)cn1. The topological polar surface area (TPSA) is 55.3 Å². The summed E-state index contributed by atoms with van der Waals surface area (Å²) in [6, 6.07) is 0. The number of carbonyl (C=O) groups excluding carboxylic acids is 1. The summed E-state index contributed by atoms with van der Waals surface area (Å²) in [7, 11) is 3.25. The molecule has 1 rings (SSSR count). The van der Waals surface area contributed by atoms with Gasteiger partial charge in [0.2, 0.25) is 5.95 Å². The fraction of sp³-hybridized carbons (Fsp3) is 0.500. The van der Waals surface area contributed by atoms with Crippen LogP contribution in [0, 0.1) is 0 Å². The number of rotatable bonds is 4. The summed E-state index contributed by atoms with van der Waals surface area (Å²) in [5.74, 6) is 0.198. The lowest BCUT2D eigenvalue weighted by molar-refractivity contribution is 0.0600. The van der Waals surface area contributed by atoms with Gasteiger partial charge in [0.05, 0.1) is 12.7 Å². The van der Waals surface area contributed by atoms with Crippen LogP contribution in [0.1, 0.15) is 23.7 Å². The molecule has 0 aliphatic rings. The third kappa shape index (κ3) is 2.90. The van der Waals surface area contributed by atoms with Crippen LogP contribution in [0.25, 0.3) is 0 Å². The van der Waals surface area contributed by atoms with Crippen molar-refractivity contribution < 1.29 is 9.53 Å². The quantitative estimate of drug-likeness (QED) is 0.695. The summed E-state index contributed by atoms with van der Waals surface area (Å²) < 4.78 is 4.55. The Kier molecular flexibility index (Phi) is 4.03. The molecular formula is C10H15N3O2. The number of carbonyl (C=O) groups is 1. The number of methoxy groups -OCH3 is 1. The van der Waals surface area contributed by atoms with Gasteiger partial charge in [-0.1, -0.05) is 6.92 Å². The normalized spacial score (nSPS) is 9.80. The van der Waals surface area contributed by atoms with E-state index in [-0.39, 0.29) is 0 Å². The van der Waals surface area contributed by atoms with E-state index in [1.165, 1.54) is 19.5 Å². The first-order valence-corrected chi connectivity index (χ1v) is 4.80. The highest BCUT2D eigenvalue weighted by atomic mass is 16.5. The number of nitrogens with zero attached hydrogens (tertiary/aromatic N) is 3. The molecule has 0 saturated heterocycles. The van der Waals surface area contributed by atoms with Crippen LogP contribution < -0.4 is 4.90 Å². The van der Waals surface area contributed by atoms with Gasteiger partial charge in [0, 0.05) is 26.0 Å². The zero-order valence-corrected chi connectivity index (χ0v) is 9.23. The molecule has 1 aromatic rings. The second-order valence-corrected chi connectivity index (χ2v) is 3.18. The van der Waals surface area contributed by atoms with E-state index in [2.05, 4.69) is 21.6 Å². The van der Waals surface area contributed by atoms with E-state index in [1.54, 1.807) is 0 Å². The maximum atomic E-state index is 11.1. The van der Waals surface area contributed by atoms with Crippen LogP contribution in [0.4, 0.5) is 5.95 Å². The second kappa shape index (κ2) is 5.29. The fourth-order valence-electron chi connectivity index (χ4n) is 1.18. The highest BCUT2D eigenvalue weighted by molar-refractivity contribution is 5.88. The summed E-state index contributed by atoms with van der Waals surface area (Å²) in [4.78, 5) is 21.2. The average Bonchev–Trinajstić information content (AvgIpc) is 2.28. The first-order valence-electron chi connectivity index (χ1n) is 4.80. The Hall–Kier alpha value is -1.65. The molecule has 0 saturated carbocycles. The van der Waals surface area contributed by atoms with Crippen molar-refractivity contribution in [2.75, 3.05) is 25.6 Å². The molecule has 0 radical (unpaired) electrons. The molecule has 0 amide bonds. The Balaban J connectivity index is 2.76. The van der Waals surface area contributed by atoms with Crippen molar-refractivity contribution in [3.8, 4) is 0 Å². The van der Waals surface area contributed by atoms with Crippen LogP contribution in [0.3, 0.4) is 0 Å². The summed E-state index contributed by atoms with van der Waals surface area (Å²) in [6.07, 6.45) is 3.97. The van der Waals surface area contributed by atoms with Crippen molar-refractivity contribution in [1.29, 1.82) is 0 Å². The largest absolute Gasteiger partial charge is 0.465 e. The van der Waals surface area contributed by atoms with Gasteiger partial charge in [-0.05, 0) is 6.42 Å². The third-order valence-electron chi connectivity index (χ3n) is 1.96. The Morgan fingerprint density at radius 2 is 2.07 bits per heavy atom. The van der Waals surface area contributed by atoms with Crippen molar-refractivity contribution in [1.82, 2.24) is 9.97 Å². The number of ether oxygens (including phenoxy) is 1. The highest BCUT2D eigenvalue weighted by Crippen LogP contribution is 2.06. The molecule has 0 aliphatic carbocycles. The zero-order chi connectivity index (χ0) is 11.3. The Morgan fingerprint density at radius 3 is 2.53 bits per heavy atom. The van der Waals surface area contributed by atoms with Crippen LogP contribution in [-0.2, 0) is 4.74 Å². The Labute approximate surface area is 89.1 Å². The smallest absolute Gasteiger partial charge is 0.341 e. The van der Waals surface area contributed by atoms with Crippen molar-refractivity contribution in [2.24, 2.45) is 0 Å². The zero-order valence-electron chi connectivity index (χ0n) is 9.23. The fourth-order valence-corrected chi connectivity index (χ4v) is 1.18. The lowest BCUT2D eigenvalue weighted by Gasteiger charge is -2.15. The summed E-state index contributed by atoms with van der Waals surface area (Å²) in [5, 5.41) is 0. The van der Waals surface area contributed by atoms with E-state index in [0.717, 1.165) is 13.0 Å². The van der Waals surface area contributed by atoms with Gasteiger partial charge in [0.1, 0.15) is 0 Å². The van der Waals surface area contributed by atoms with Gasteiger partial charge in [-0.2, -0.15) is 0 Å². The number of esters is 1. The van der Waals surface area contributed by atoms with Crippen LogP contribution in [0.5, 0.6) is 0 Å². The third-order valence-corrected chi connectivity index (χ3v) is 1.96. The van der Waals surface area contributed by atoms with Gasteiger partial charge in [0.25, 0.3) is 0 Å². The van der Waals surface area contributed by atoms with Gasteiger partial charge >= 0.3 is 5.97 Å². The lowest BCUT2D eigenvalue weighted by atomic mass is 10.3. The molecule has 0 aliphatic heterocycles. The van der Waals surface area contributed by atoms with Crippen LogP contribution in [0.2, 0.25) is 0 Å². The molecule has 0 unspecified atom stereocenters. The number of aromatic nitrogens is 2. The molecule has 15 heavy (non-hydrogen) atoms. The highest BCUT2D eigenvalue weighted by Gasteiger charge is 2.08. The maximum Gasteiger partial charge on any atom is 0.341 e.